The van der Waals surface area contributed by atoms with Crippen molar-refractivity contribution >= 4 is 21.8 Å². The number of sulfonamides is 1. The third-order valence-corrected chi connectivity index (χ3v) is 6.95. The molecule has 0 spiro atoms. The highest BCUT2D eigenvalue weighted by atomic mass is 32.2. The van der Waals surface area contributed by atoms with E-state index in [1.54, 1.807) is 53.4 Å². The summed E-state index contributed by atoms with van der Waals surface area (Å²) in [6.45, 7) is 0.760. The number of likely N-dealkylation sites (tertiary alicyclic amines) is 1. The number of rotatable bonds is 9. The highest BCUT2D eigenvalue weighted by molar-refractivity contribution is 7.88. The van der Waals surface area contributed by atoms with Crippen molar-refractivity contribution in [2.24, 2.45) is 5.73 Å². The van der Waals surface area contributed by atoms with Gasteiger partial charge in [-0.25, -0.2) is 13.1 Å². The van der Waals surface area contributed by atoms with Crippen LogP contribution in [0.25, 0.3) is 0 Å². The Morgan fingerprint density at radius 3 is 2.45 bits per heavy atom. The van der Waals surface area contributed by atoms with Crippen molar-refractivity contribution in [2.75, 3.05) is 13.1 Å². The fourth-order valence-corrected chi connectivity index (χ4v) is 5.23. The molecule has 2 aromatic rings. The lowest BCUT2D eigenvalue weighted by Crippen LogP contribution is -2.53. The lowest BCUT2D eigenvalue weighted by Gasteiger charge is -2.30. The highest BCUT2D eigenvalue weighted by Gasteiger charge is 2.32. The molecule has 178 valence electrons. The zero-order valence-electron chi connectivity index (χ0n) is 18.4. The van der Waals surface area contributed by atoms with Gasteiger partial charge >= 0.3 is 0 Å². The number of benzene rings is 2. The van der Waals surface area contributed by atoms with Crippen LogP contribution in [0.5, 0.6) is 0 Å². The van der Waals surface area contributed by atoms with Crippen molar-refractivity contribution in [3.05, 3.63) is 71.3 Å². The first-order valence-corrected chi connectivity index (χ1v) is 12.5. The fourth-order valence-electron chi connectivity index (χ4n) is 3.82. The number of carbonyl (C=O) groups is 1. The molecule has 1 amide bonds. The van der Waals surface area contributed by atoms with Gasteiger partial charge in [-0.3, -0.25) is 15.1 Å². The number of amides is 1. The van der Waals surface area contributed by atoms with Crippen molar-refractivity contribution in [3.63, 3.8) is 0 Å². The number of hydrogen-bond acceptors (Lipinski definition) is 6. The minimum Gasteiger partial charge on any atom is -0.384 e. The van der Waals surface area contributed by atoms with Crippen LogP contribution in [0.15, 0.2) is 54.6 Å². The maximum atomic E-state index is 12.6. The Morgan fingerprint density at radius 1 is 1.09 bits per heavy atom. The van der Waals surface area contributed by atoms with Crippen LogP contribution in [0, 0.1) is 5.41 Å². The smallest absolute Gasteiger partial charge is 0.234 e. The van der Waals surface area contributed by atoms with Crippen LogP contribution in [-0.4, -0.2) is 55.5 Å². The van der Waals surface area contributed by atoms with E-state index in [1.165, 1.54) is 0 Å². The first kappa shape index (κ1) is 24.8. The molecular weight excluding hydrogens is 442 g/mol. The Bertz CT molecular complexity index is 1040. The molecule has 6 N–H and O–H groups in total. The number of carbonyl (C=O) groups excluding carboxylic acids is 1. The Morgan fingerprint density at radius 2 is 1.79 bits per heavy atom. The molecule has 1 saturated heterocycles. The monoisotopic (exact) mass is 473 g/mol. The SMILES string of the molecule is N=C(N)c1ccc(CNC(=O)CN2CCCC[C@@H](NS(=O)(=O)Cc3ccccc3)[C@@H]2O)cc1. The second-order valence-corrected chi connectivity index (χ2v) is 9.99. The Balaban J connectivity index is 1.55. The quantitative estimate of drug-likeness (QED) is 0.270. The van der Waals surface area contributed by atoms with Crippen LogP contribution in [-0.2, 0) is 27.1 Å². The van der Waals surface area contributed by atoms with Gasteiger partial charge in [0.15, 0.2) is 0 Å². The predicted octanol–water partition coefficient (Wildman–Crippen LogP) is 0.879. The van der Waals surface area contributed by atoms with E-state index < -0.39 is 22.3 Å². The second-order valence-electron chi connectivity index (χ2n) is 8.24. The number of aliphatic hydroxyl groups excluding tert-OH is 1. The van der Waals surface area contributed by atoms with E-state index in [-0.39, 0.29) is 24.0 Å². The molecule has 0 radical (unpaired) electrons. The number of aliphatic hydroxyl groups is 1. The number of nitrogen functional groups attached to an aromatic ring is 1. The van der Waals surface area contributed by atoms with Crippen molar-refractivity contribution in [1.29, 1.82) is 5.41 Å². The minimum atomic E-state index is -3.65. The number of hydrogen-bond donors (Lipinski definition) is 5. The molecule has 33 heavy (non-hydrogen) atoms. The molecule has 1 aliphatic heterocycles. The van der Waals surface area contributed by atoms with Crippen molar-refractivity contribution in [3.8, 4) is 0 Å². The Labute approximate surface area is 194 Å². The maximum Gasteiger partial charge on any atom is 0.234 e. The van der Waals surface area contributed by atoms with Gasteiger partial charge in [-0.15, -0.1) is 0 Å². The van der Waals surface area contributed by atoms with Gasteiger partial charge in [0.2, 0.25) is 15.9 Å². The van der Waals surface area contributed by atoms with Gasteiger partial charge in [0.05, 0.1) is 18.3 Å². The molecule has 1 aliphatic rings. The summed E-state index contributed by atoms with van der Waals surface area (Å²) in [6.07, 6.45) is 0.901. The molecule has 9 nitrogen and oxygen atoms in total. The lowest BCUT2D eigenvalue weighted by molar-refractivity contribution is -0.125. The molecule has 3 rings (SSSR count). The summed E-state index contributed by atoms with van der Waals surface area (Å²) in [5.74, 6) is -0.452. The normalized spacial score (nSPS) is 19.5. The van der Waals surface area contributed by atoms with Gasteiger partial charge in [0, 0.05) is 18.7 Å². The van der Waals surface area contributed by atoms with Crippen molar-refractivity contribution < 1.29 is 18.3 Å². The van der Waals surface area contributed by atoms with Gasteiger partial charge in [0.25, 0.3) is 0 Å². The molecule has 0 aliphatic carbocycles. The first-order valence-electron chi connectivity index (χ1n) is 10.9. The summed E-state index contributed by atoms with van der Waals surface area (Å²) in [7, 11) is -3.65. The Kier molecular flexibility index (Phi) is 8.56. The predicted molar refractivity (Wildman–Crippen MR) is 127 cm³/mol. The van der Waals surface area contributed by atoms with Gasteiger partial charge in [-0.2, -0.15) is 0 Å². The average Bonchev–Trinajstić information content (AvgIpc) is 2.94. The van der Waals surface area contributed by atoms with Gasteiger partial charge in [-0.1, -0.05) is 61.0 Å². The molecule has 2 aromatic carbocycles. The number of nitrogens with two attached hydrogens (primary N) is 1. The third-order valence-electron chi connectivity index (χ3n) is 5.58. The number of nitrogens with one attached hydrogen (secondary N) is 3. The summed E-state index contributed by atoms with van der Waals surface area (Å²) in [6, 6.07) is 15.2. The molecule has 1 fully saturated rings. The van der Waals surface area contributed by atoms with Gasteiger partial charge in [0.1, 0.15) is 12.1 Å². The lowest BCUT2D eigenvalue weighted by atomic mass is 10.1. The minimum absolute atomic E-state index is 0.0188. The van der Waals surface area contributed by atoms with Gasteiger partial charge < -0.3 is 16.2 Å². The molecular formula is C23H31N5O4S. The van der Waals surface area contributed by atoms with E-state index in [4.69, 9.17) is 11.1 Å². The van der Waals surface area contributed by atoms with Crippen LogP contribution in [0.3, 0.4) is 0 Å². The second kappa shape index (κ2) is 11.4. The third kappa shape index (κ3) is 7.64. The molecule has 0 saturated carbocycles. The zero-order valence-corrected chi connectivity index (χ0v) is 19.2. The Hall–Kier alpha value is -2.79. The summed E-state index contributed by atoms with van der Waals surface area (Å²) < 4.78 is 27.9. The van der Waals surface area contributed by atoms with Crippen molar-refractivity contribution in [2.45, 2.75) is 43.8 Å². The largest absolute Gasteiger partial charge is 0.384 e. The summed E-state index contributed by atoms with van der Waals surface area (Å²) in [4.78, 5) is 14.1. The van der Waals surface area contributed by atoms with E-state index in [0.29, 0.717) is 30.6 Å². The molecule has 0 bridgehead atoms. The fraction of sp³-hybridized carbons (Fsp3) is 0.391. The summed E-state index contributed by atoms with van der Waals surface area (Å²) in [5.41, 5.74) is 7.58. The molecule has 0 unspecified atom stereocenters. The van der Waals surface area contributed by atoms with E-state index in [9.17, 15) is 18.3 Å². The van der Waals surface area contributed by atoms with Crippen molar-refractivity contribution in [1.82, 2.24) is 14.9 Å². The van der Waals surface area contributed by atoms with Crippen LogP contribution >= 0.6 is 0 Å². The molecule has 0 aromatic heterocycles. The van der Waals surface area contributed by atoms with E-state index in [1.807, 2.05) is 6.07 Å². The first-order chi connectivity index (χ1) is 15.7. The standard InChI is InChI=1S/C23H31N5O4S/c24-22(25)19-11-9-17(10-12-19)14-26-21(29)15-28-13-5-4-8-20(23(28)30)27-33(31,32)16-18-6-2-1-3-7-18/h1-3,6-7,9-12,20,23,27,30H,4-5,8,13-16H2,(H3,24,25)(H,26,29)/t20-,23+/m1/s1. The van der Waals surface area contributed by atoms with E-state index in [2.05, 4.69) is 10.0 Å². The average molecular weight is 474 g/mol. The highest BCUT2D eigenvalue weighted by Crippen LogP contribution is 2.17. The molecule has 1 heterocycles. The van der Waals surface area contributed by atoms with E-state index >= 15 is 0 Å². The van der Waals surface area contributed by atoms with E-state index in [0.717, 1.165) is 18.4 Å². The van der Waals surface area contributed by atoms with Crippen LogP contribution in [0.1, 0.15) is 36.0 Å². The zero-order chi connectivity index (χ0) is 23.8. The molecule has 2 atom stereocenters. The number of nitrogens with zero attached hydrogens (tertiary/aromatic N) is 1. The van der Waals surface area contributed by atoms with Gasteiger partial charge in [-0.05, 0) is 24.0 Å². The van der Waals surface area contributed by atoms with Crippen LogP contribution in [0.4, 0.5) is 0 Å². The summed E-state index contributed by atoms with van der Waals surface area (Å²) >= 11 is 0. The molecule has 10 heteroatoms. The van der Waals surface area contributed by atoms with Crippen LogP contribution < -0.4 is 15.8 Å². The maximum absolute atomic E-state index is 12.6. The topological polar surface area (TPSA) is 149 Å². The van der Waals surface area contributed by atoms with Crippen LogP contribution in [0.2, 0.25) is 0 Å². The number of amidine groups is 1. The summed E-state index contributed by atoms with van der Waals surface area (Å²) in [5, 5.41) is 21.1.